The normalized spacial score (nSPS) is 26.8. The molecule has 0 unspecified atom stereocenters. The number of fused-ring (bicyclic) bond motifs is 3. The minimum atomic E-state index is -6.01. The number of rotatable bonds is 8. The summed E-state index contributed by atoms with van der Waals surface area (Å²) >= 11 is 0. The molecule has 0 aliphatic heterocycles. The lowest BCUT2D eigenvalue weighted by Gasteiger charge is -2.48. The van der Waals surface area contributed by atoms with E-state index in [0.717, 1.165) is 40.8 Å². The van der Waals surface area contributed by atoms with E-state index in [1.165, 1.54) is 0 Å². The number of allylic oxidation sites excluding steroid dienone is 1. The van der Waals surface area contributed by atoms with Crippen molar-refractivity contribution in [3.8, 4) is 5.75 Å². The molecule has 3 aliphatic rings. The third-order valence-electron chi connectivity index (χ3n) is 11.2. The van der Waals surface area contributed by atoms with Crippen molar-refractivity contribution in [2.24, 2.45) is 17.8 Å². The third kappa shape index (κ3) is 6.43. The van der Waals surface area contributed by atoms with Gasteiger partial charge in [-0.25, -0.2) is 4.79 Å². The molecule has 5 rings (SSSR count). The SMILES string of the molecule is COc1c(C(C)C)ccc2c1CC[C@H]1C(C(=O)O[C@H]3C[C@@H](C)CC[C@@H]3C(C)(C)c3ccccc3)=C(OS(=O)(=O)C(F)(F)F)CC[C@]21C. The maximum atomic E-state index is 14.4. The Morgan fingerprint density at radius 1 is 1.00 bits per heavy atom. The first-order valence-corrected chi connectivity index (χ1v) is 18.0. The Morgan fingerprint density at radius 3 is 2.30 bits per heavy atom. The van der Waals surface area contributed by atoms with Crippen LogP contribution in [-0.2, 0) is 41.1 Å². The number of carbonyl (C=O) groups is 1. The largest absolute Gasteiger partial charge is 0.534 e. The monoisotopic (exact) mass is 676 g/mol. The molecule has 5 atom stereocenters. The molecule has 3 aliphatic carbocycles. The third-order valence-corrected chi connectivity index (χ3v) is 12.2. The number of halogens is 3. The second-order valence-corrected chi connectivity index (χ2v) is 16.3. The number of esters is 1. The predicted molar refractivity (Wildman–Crippen MR) is 174 cm³/mol. The number of methoxy groups -OCH3 is 1. The number of hydrogen-bond donors (Lipinski definition) is 0. The van der Waals surface area contributed by atoms with Crippen molar-refractivity contribution in [3.05, 3.63) is 76.1 Å². The van der Waals surface area contributed by atoms with Crippen LogP contribution in [0.1, 0.15) is 108 Å². The minimum Gasteiger partial charge on any atom is -0.496 e. The fourth-order valence-corrected chi connectivity index (χ4v) is 9.02. The Hall–Kier alpha value is -3.01. The van der Waals surface area contributed by atoms with Crippen molar-refractivity contribution < 1.29 is 40.0 Å². The van der Waals surface area contributed by atoms with Gasteiger partial charge >= 0.3 is 21.6 Å². The molecule has 6 nitrogen and oxygen atoms in total. The minimum absolute atomic E-state index is 0.0605. The Balaban J connectivity index is 1.58. The summed E-state index contributed by atoms with van der Waals surface area (Å²) in [4.78, 5) is 14.4. The van der Waals surface area contributed by atoms with Crippen molar-refractivity contribution in [2.75, 3.05) is 7.11 Å². The Kier molecular flexibility index (Phi) is 9.60. The zero-order chi connectivity index (χ0) is 34.5. The maximum Gasteiger partial charge on any atom is 0.534 e. The van der Waals surface area contributed by atoms with Gasteiger partial charge in [0.05, 0.1) is 12.7 Å². The van der Waals surface area contributed by atoms with Crippen LogP contribution in [0.4, 0.5) is 13.2 Å². The molecule has 0 saturated heterocycles. The predicted octanol–water partition coefficient (Wildman–Crippen LogP) is 8.88. The molecule has 2 aromatic rings. The zero-order valence-electron chi connectivity index (χ0n) is 28.4. The molecule has 2 aromatic carbocycles. The highest BCUT2D eigenvalue weighted by molar-refractivity contribution is 7.87. The van der Waals surface area contributed by atoms with Crippen molar-refractivity contribution in [3.63, 3.8) is 0 Å². The van der Waals surface area contributed by atoms with Gasteiger partial charge in [0.25, 0.3) is 0 Å². The number of ether oxygens (including phenoxy) is 2. The summed E-state index contributed by atoms with van der Waals surface area (Å²) < 4.78 is 82.5. The topological polar surface area (TPSA) is 78.9 Å². The summed E-state index contributed by atoms with van der Waals surface area (Å²) in [7, 11) is -4.37. The van der Waals surface area contributed by atoms with Gasteiger partial charge in [-0.15, -0.1) is 0 Å². The Labute approximate surface area is 277 Å². The number of alkyl halides is 3. The van der Waals surface area contributed by atoms with Gasteiger partial charge in [0.1, 0.15) is 17.6 Å². The molecule has 0 bridgehead atoms. The van der Waals surface area contributed by atoms with Crippen LogP contribution in [0.5, 0.6) is 5.75 Å². The van der Waals surface area contributed by atoms with E-state index in [0.29, 0.717) is 25.7 Å². The van der Waals surface area contributed by atoms with Gasteiger partial charge in [-0.1, -0.05) is 90.4 Å². The van der Waals surface area contributed by atoms with E-state index in [-0.39, 0.29) is 35.2 Å². The first-order valence-electron chi connectivity index (χ1n) is 16.6. The van der Waals surface area contributed by atoms with Crippen LogP contribution in [0.15, 0.2) is 53.8 Å². The fraction of sp³-hybridized carbons (Fsp3) is 0.595. The summed E-state index contributed by atoms with van der Waals surface area (Å²) in [6.45, 7) is 12.5. The summed E-state index contributed by atoms with van der Waals surface area (Å²) in [5, 5.41) is 0. The van der Waals surface area contributed by atoms with E-state index in [2.05, 4.69) is 46.8 Å². The van der Waals surface area contributed by atoms with Gasteiger partial charge in [-0.3, -0.25) is 0 Å². The molecule has 0 radical (unpaired) electrons. The highest BCUT2D eigenvalue weighted by Crippen LogP contribution is 2.55. The van der Waals surface area contributed by atoms with E-state index < -0.39 is 44.8 Å². The zero-order valence-corrected chi connectivity index (χ0v) is 29.2. The molecule has 1 fully saturated rings. The van der Waals surface area contributed by atoms with Crippen molar-refractivity contribution in [1.82, 2.24) is 0 Å². The summed E-state index contributed by atoms with van der Waals surface area (Å²) in [6, 6.07) is 14.0. The van der Waals surface area contributed by atoms with Crippen molar-refractivity contribution in [2.45, 2.75) is 115 Å². The lowest BCUT2D eigenvalue weighted by atomic mass is 9.57. The summed E-state index contributed by atoms with van der Waals surface area (Å²) in [5.74, 6) is -0.681. The van der Waals surface area contributed by atoms with Crippen LogP contribution >= 0.6 is 0 Å². The molecular weight excluding hydrogens is 629 g/mol. The van der Waals surface area contributed by atoms with Crippen LogP contribution in [-0.4, -0.2) is 33.1 Å². The average molecular weight is 677 g/mol. The van der Waals surface area contributed by atoms with E-state index in [1.54, 1.807) is 7.11 Å². The van der Waals surface area contributed by atoms with Gasteiger partial charge in [0, 0.05) is 23.7 Å². The highest BCUT2D eigenvalue weighted by Gasteiger charge is 2.54. The van der Waals surface area contributed by atoms with Gasteiger partial charge in [0.15, 0.2) is 0 Å². The first-order chi connectivity index (χ1) is 21.9. The van der Waals surface area contributed by atoms with Gasteiger partial charge in [-0.05, 0) is 71.6 Å². The van der Waals surface area contributed by atoms with Crippen LogP contribution < -0.4 is 4.74 Å². The quantitative estimate of drug-likeness (QED) is 0.158. The maximum absolute atomic E-state index is 14.4. The van der Waals surface area contributed by atoms with Crippen LogP contribution in [0.25, 0.3) is 0 Å². The Morgan fingerprint density at radius 2 is 1.68 bits per heavy atom. The Bertz CT molecular complexity index is 1630. The molecular formula is C37H47F3O6S. The smallest absolute Gasteiger partial charge is 0.496 e. The molecule has 47 heavy (non-hydrogen) atoms. The number of carbonyl (C=O) groups excluding carboxylic acids is 1. The first kappa shape index (κ1) is 35.3. The molecule has 0 aromatic heterocycles. The number of benzene rings is 2. The summed E-state index contributed by atoms with van der Waals surface area (Å²) in [5.41, 5.74) is -2.67. The number of hydrogen-bond acceptors (Lipinski definition) is 6. The van der Waals surface area contributed by atoms with E-state index in [4.69, 9.17) is 13.7 Å². The van der Waals surface area contributed by atoms with Gasteiger partial charge in [-0.2, -0.15) is 21.6 Å². The molecule has 10 heteroatoms. The second-order valence-electron chi connectivity index (χ2n) is 14.8. The van der Waals surface area contributed by atoms with Crippen molar-refractivity contribution in [1.29, 1.82) is 0 Å². The van der Waals surface area contributed by atoms with E-state index in [1.807, 2.05) is 37.3 Å². The highest BCUT2D eigenvalue weighted by atomic mass is 32.2. The van der Waals surface area contributed by atoms with Crippen LogP contribution in [0.3, 0.4) is 0 Å². The van der Waals surface area contributed by atoms with Crippen LogP contribution in [0.2, 0.25) is 0 Å². The molecule has 0 spiro atoms. The molecule has 0 N–H and O–H groups in total. The fourth-order valence-electron chi connectivity index (χ4n) is 8.48. The average Bonchev–Trinajstić information content (AvgIpc) is 3.00. The van der Waals surface area contributed by atoms with E-state index >= 15 is 0 Å². The van der Waals surface area contributed by atoms with Gasteiger partial charge in [0.2, 0.25) is 0 Å². The lowest BCUT2D eigenvalue weighted by molar-refractivity contribution is -0.153. The standard InChI is InChI=1S/C37H47F3O6S/c1-22(2)25-14-17-27-26(33(25)44-7)15-18-29-32(30(19-20-36(27,29)6)46-47(42,43)37(38,39)40)34(41)45-31-21-23(3)13-16-28(31)35(4,5)24-11-9-8-10-12-24/h8-12,14,17,22-23,28-29,31H,13,15-16,18-21H2,1-7H3/t23-,28-,29-,31-,36+/m0/s1. The van der Waals surface area contributed by atoms with Crippen LogP contribution in [0, 0.1) is 17.8 Å². The molecule has 0 heterocycles. The second kappa shape index (κ2) is 12.8. The molecule has 258 valence electrons. The van der Waals surface area contributed by atoms with Crippen molar-refractivity contribution >= 4 is 16.1 Å². The van der Waals surface area contributed by atoms with E-state index in [9.17, 15) is 26.4 Å². The lowest BCUT2D eigenvalue weighted by Crippen LogP contribution is -2.46. The van der Waals surface area contributed by atoms with Gasteiger partial charge < -0.3 is 13.7 Å². The molecule has 1 saturated carbocycles. The molecule has 0 amide bonds. The summed E-state index contributed by atoms with van der Waals surface area (Å²) in [6.07, 6.45) is 2.85.